The molecule has 1 aromatic heterocycles. The molecule has 0 aliphatic carbocycles. The Morgan fingerprint density at radius 1 is 1.38 bits per heavy atom. The number of aliphatic hydroxyl groups excluding tert-OH is 1. The molecule has 21 heavy (non-hydrogen) atoms. The van der Waals surface area contributed by atoms with Crippen molar-refractivity contribution in [1.29, 1.82) is 0 Å². The predicted octanol–water partition coefficient (Wildman–Crippen LogP) is 1.13. The highest BCUT2D eigenvalue weighted by Crippen LogP contribution is 2.15. The van der Waals surface area contributed by atoms with Crippen molar-refractivity contribution in [3.8, 4) is 11.8 Å². The van der Waals surface area contributed by atoms with E-state index in [-0.39, 0.29) is 30.5 Å². The molecule has 0 saturated heterocycles. The highest BCUT2D eigenvalue weighted by molar-refractivity contribution is 7.12. The van der Waals surface area contributed by atoms with Gasteiger partial charge in [-0.2, -0.15) is 0 Å². The van der Waals surface area contributed by atoms with E-state index in [1.54, 1.807) is 11.4 Å². The first-order chi connectivity index (χ1) is 9.83. The van der Waals surface area contributed by atoms with Crippen LogP contribution in [0, 0.1) is 11.8 Å². The molecule has 3 N–H and O–H groups in total. The average Bonchev–Trinajstić information content (AvgIpc) is 2.83. The van der Waals surface area contributed by atoms with Gasteiger partial charge in [0.05, 0.1) is 13.2 Å². The van der Waals surface area contributed by atoms with Crippen molar-refractivity contribution in [3.05, 3.63) is 21.9 Å². The Kier molecular flexibility index (Phi) is 6.40. The van der Waals surface area contributed by atoms with Crippen LogP contribution in [0.25, 0.3) is 0 Å². The van der Waals surface area contributed by atoms with Crippen LogP contribution in [0.15, 0.2) is 11.4 Å². The lowest BCUT2D eigenvalue weighted by Crippen LogP contribution is -2.45. The maximum absolute atomic E-state index is 12.0. The predicted molar refractivity (Wildman–Crippen MR) is 83.1 cm³/mol. The molecule has 0 atom stereocenters. The molecule has 1 rings (SSSR count). The highest BCUT2D eigenvalue weighted by atomic mass is 32.1. The first-order valence-corrected chi connectivity index (χ1v) is 7.48. The van der Waals surface area contributed by atoms with Crippen LogP contribution in [0.4, 0.5) is 0 Å². The van der Waals surface area contributed by atoms with Gasteiger partial charge >= 0.3 is 0 Å². The van der Waals surface area contributed by atoms with E-state index in [1.807, 2.05) is 20.8 Å². The van der Waals surface area contributed by atoms with Gasteiger partial charge in [0.15, 0.2) is 0 Å². The molecule has 0 unspecified atom stereocenters. The summed E-state index contributed by atoms with van der Waals surface area (Å²) in [4.78, 5) is 24.2. The number of aliphatic hydroxyl groups is 1. The van der Waals surface area contributed by atoms with Crippen LogP contribution in [0.1, 0.15) is 42.4 Å². The van der Waals surface area contributed by atoms with Crippen LogP contribution in [-0.2, 0) is 4.79 Å². The molecule has 1 aromatic rings. The Bertz CT molecular complexity index is 561. The molecule has 2 amide bonds. The van der Waals surface area contributed by atoms with Gasteiger partial charge in [0, 0.05) is 17.5 Å². The minimum atomic E-state index is -0.328. The van der Waals surface area contributed by atoms with Crippen LogP contribution in [0.3, 0.4) is 0 Å². The van der Waals surface area contributed by atoms with E-state index >= 15 is 0 Å². The third-order valence-corrected chi connectivity index (χ3v) is 3.17. The Morgan fingerprint density at radius 2 is 2.10 bits per heavy atom. The lowest BCUT2D eigenvalue weighted by Gasteiger charge is -2.20. The number of hydrogen-bond acceptors (Lipinski definition) is 4. The Labute approximate surface area is 128 Å². The Morgan fingerprint density at radius 3 is 2.71 bits per heavy atom. The van der Waals surface area contributed by atoms with Crippen LogP contribution in [-0.4, -0.2) is 35.6 Å². The van der Waals surface area contributed by atoms with E-state index in [1.165, 1.54) is 11.3 Å². The molecule has 0 saturated carbocycles. The maximum Gasteiger partial charge on any atom is 0.263 e. The standard InChI is InChI=1S/C15H20N2O3S/c1-15(2,3)17-12(19)10-16-14(20)13-11(7-9-21-13)6-4-5-8-18/h7,9,18H,5,8,10H2,1-3H3,(H,16,20)(H,17,19). The van der Waals surface area contributed by atoms with E-state index in [2.05, 4.69) is 22.5 Å². The zero-order valence-corrected chi connectivity index (χ0v) is 13.3. The Balaban J connectivity index is 2.59. The second-order valence-electron chi connectivity index (χ2n) is 5.42. The zero-order valence-electron chi connectivity index (χ0n) is 12.4. The number of carbonyl (C=O) groups is 2. The number of carbonyl (C=O) groups excluding carboxylic acids is 2. The number of hydrogen-bond donors (Lipinski definition) is 3. The molecular weight excluding hydrogens is 288 g/mol. The van der Waals surface area contributed by atoms with E-state index in [4.69, 9.17) is 5.11 Å². The van der Waals surface area contributed by atoms with Gasteiger partial charge < -0.3 is 15.7 Å². The van der Waals surface area contributed by atoms with Gasteiger partial charge in [-0.15, -0.1) is 11.3 Å². The minimum absolute atomic E-state index is 0.00829. The molecule has 0 aliphatic heterocycles. The number of amides is 2. The minimum Gasteiger partial charge on any atom is -0.395 e. The summed E-state index contributed by atoms with van der Waals surface area (Å²) in [6.45, 7) is 5.55. The first kappa shape index (κ1) is 17.2. The third-order valence-electron chi connectivity index (χ3n) is 2.26. The topological polar surface area (TPSA) is 78.4 Å². The van der Waals surface area contributed by atoms with Crippen molar-refractivity contribution >= 4 is 23.2 Å². The number of nitrogens with one attached hydrogen (secondary N) is 2. The lowest BCUT2D eigenvalue weighted by molar-refractivity contribution is -0.121. The highest BCUT2D eigenvalue weighted by Gasteiger charge is 2.16. The normalized spacial score (nSPS) is 10.5. The van der Waals surface area contributed by atoms with Gasteiger partial charge in [0.25, 0.3) is 5.91 Å². The van der Waals surface area contributed by atoms with Gasteiger partial charge in [-0.3, -0.25) is 9.59 Å². The fraction of sp³-hybridized carbons (Fsp3) is 0.467. The smallest absolute Gasteiger partial charge is 0.263 e. The Hall–Kier alpha value is -1.84. The summed E-state index contributed by atoms with van der Waals surface area (Å²) in [6, 6.07) is 1.75. The van der Waals surface area contributed by atoms with E-state index in [0.717, 1.165) is 0 Å². The second kappa shape index (κ2) is 7.81. The fourth-order valence-electron chi connectivity index (χ4n) is 1.50. The number of rotatable bonds is 4. The molecule has 0 bridgehead atoms. The summed E-state index contributed by atoms with van der Waals surface area (Å²) in [7, 11) is 0. The van der Waals surface area contributed by atoms with E-state index in [0.29, 0.717) is 16.9 Å². The number of thiophene rings is 1. The monoisotopic (exact) mass is 308 g/mol. The third kappa shape index (κ3) is 6.43. The summed E-state index contributed by atoms with van der Waals surface area (Å²) in [5.41, 5.74) is 0.285. The summed E-state index contributed by atoms with van der Waals surface area (Å²) in [5.74, 6) is 5.06. The summed E-state index contributed by atoms with van der Waals surface area (Å²) >= 11 is 1.27. The molecule has 0 radical (unpaired) electrons. The van der Waals surface area contributed by atoms with Gasteiger partial charge in [-0.1, -0.05) is 11.8 Å². The first-order valence-electron chi connectivity index (χ1n) is 6.60. The molecule has 0 aliphatic rings. The summed E-state index contributed by atoms with van der Waals surface area (Å²) in [6.07, 6.45) is 0.366. The summed E-state index contributed by atoms with van der Waals surface area (Å²) < 4.78 is 0. The van der Waals surface area contributed by atoms with Gasteiger partial charge in [-0.25, -0.2) is 0 Å². The lowest BCUT2D eigenvalue weighted by atomic mass is 10.1. The van der Waals surface area contributed by atoms with Crippen molar-refractivity contribution in [2.45, 2.75) is 32.7 Å². The quantitative estimate of drug-likeness (QED) is 0.730. The fourth-order valence-corrected chi connectivity index (χ4v) is 2.27. The van der Waals surface area contributed by atoms with Gasteiger partial charge in [-0.05, 0) is 32.2 Å². The zero-order chi connectivity index (χ0) is 15.9. The van der Waals surface area contributed by atoms with Crippen molar-refractivity contribution < 1.29 is 14.7 Å². The molecular formula is C15H20N2O3S. The SMILES string of the molecule is CC(C)(C)NC(=O)CNC(=O)c1sccc1C#CCCO. The average molecular weight is 308 g/mol. The van der Waals surface area contributed by atoms with Crippen LogP contribution in [0.5, 0.6) is 0 Å². The van der Waals surface area contributed by atoms with Crippen molar-refractivity contribution in [3.63, 3.8) is 0 Å². The van der Waals surface area contributed by atoms with Crippen molar-refractivity contribution in [1.82, 2.24) is 10.6 Å². The molecule has 1 heterocycles. The molecule has 5 nitrogen and oxygen atoms in total. The van der Waals surface area contributed by atoms with E-state index in [9.17, 15) is 9.59 Å². The molecule has 0 fully saturated rings. The van der Waals surface area contributed by atoms with Gasteiger partial charge in [0.2, 0.25) is 5.91 Å². The molecule has 0 aromatic carbocycles. The van der Waals surface area contributed by atoms with Crippen molar-refractivity contribution in [2.24, 2.45) is 0 Å². The largest absolute Gasteiger partial charge is 0.395 e. The van der Waals surface area contributed by atoms with Crippen LogP contribution in [0.2, 0.25) is 0 Å². The molecule has 0 spiro atoms. The van der Waals surface area contributed by atoms with Crippen LogP contribution >= 0.6 is 11.3 Å². The van der Waals surface area contributed by atoms with Gasteiger partial charge in [0.1, 0.15) is 4.88 Å². The molecule has 114 valence electrons. The second-order valence-corrected chi connectivity index (χ2v) is 6.34. The summed E-state index contributed by atoms with van der Waals surface area (Å²) in [5, 5.41) is 15.8. The molecule has 6 heteroatoms. The van der Waals surface area contributed by atoms with Crippen molar-refractivity contribution in [2.75, 3.05) is 13.2 Å². The van der Waals surface area contributed by atoms with E-state index < -0.39 is 0 Å². The maximum atomic E-state index is 12.0. The van der Waals surface area contributed by atoms with Crippen LogP contribution < -0.4 is 10.6 Å².